The quantitative estimate of drug-likeness (QED) is 0.718. The normalized spacial score (nSPS) is 10.9. The first-order valence-corrected chi connectivity index (χ1v) is 7.97. The molecular weight excluding hydrogens is 337 g/mol. The summed E-state index contributed by atoms with van der Waals surface area (Å²) >= 11 is 14.9. The smallest absolute Gasteiger partial charge is 0.293 e. The molecule has 2 aromatic heterocycles. The van der Waals surface area contributed by atoms with Gasteiger partial charge in [0.15, 0.2) is 0 Å². The van der Waals surface area contributed by atoms with Gasteiger partial charge < -0.3 is 0 Å². The van der Waals surface area contributed by atoms with E-state index in [1.165, 1.54) is 22.3 Å². The molecular formula is C12H8Cl2N3OS2+. The summed E-state index contributed by atoms with van der Waals surface area (Å²) in [5.41, 5.74) is 0.371. The maximum Gasteiger partial charge on any atom is 0.354 e. The summed E-state index contributed by atoms with van der Waals surface area (Å²) in [5, 5.41) is 8.38. The lowest BCUT2D eigenvalue weighted by atomic mass is 10.2. The standard InChI is InChI=1S/C12H7Cl2N3OS2/c1-6-5-17-12(19-6)20-11(16-17)15-10(18)8-3-2-7(13)4-9(8)14/h2-5H,1H3/p+1. The number of carbonyl (C=O) groups is 1. The molecule has 0 unspecified atom stereocenters. The van der Waals surface area contributed by atoms with Gasteiger partial charge in [0.25, 0.3) is 11.0 Å². The molecule has 0 radical (unpaired) electrons. The van der Waals surface area contributed by atoms with Crippen LogP contribution in [0.4, 0.5) is 5.13 Å². The van der Waals surface area contributed by atoms with E-state index in [1.807, 2.05) is 13.1 Å². The molecule has 0 aliphatic carbocycles. The van der Waals surface area contributed by atoms with Crippen molar-refractivity contribution < 1.29 is 9.31 Å². The Bertz CT molecular complexity index is 781. The number of nitrogens with one attached hydrogen (secondary N) is 1. The number of aromatic nitrogens is 2. The molecule has 8 heteroatoms. The van der Waals surface area contributed by atoms with Crippen molar-refractivity contribution in [3.05, 3.63) is 44.9 Å². The van der Waals surface area contributed by atoms with Gasteiger partial charge in [-0.3, -0.25) is 10.1 Å². The zero-order chi connectivity index (χ0) is 14.3. The Morgan fingerprint density at radius 1 is 1.35 bits per heavy atom. The third-order valence-electron chi connectivity index (χ3n) is 2.52. The van der Waals surface area contributed by atoms with Crippen LogP contribution in [0.25, 0.3) is 4.14 Å². The van der Waals surface area contributed by atoms with E-state index < -0.39 is 0 Å². The summed E-state index contributed by atoms with van der Waals surface area (Å²) in [7, 11) is 0. The Morgan fingerprint density at radius 3 is 2.85 bits per heavy atom. The van der Waals surface area contributed by atoms with Crippen LogP contribution in [0.1, 0.15) is 15.2 Å². The highest BCUT2D eigenvalue weighted by atomic mass is 35.5. The van der Waals surface area contributed by atoms with Crippen LogP contribution < -0.4 is 9.83 Å². The van der Waals surface area contributed by atoms with Crippen molar-refractivity contribution in [1.82, 2.24) is 5.10 Å². The van der Waals surface area contributed by atoms with Gasteiger partial charge in [-0.25, -0.2) is 0 Å². The minimum absolute atomic E-state index is 0.301. The molecule has 0 bridgehead atoms. The first-order valence-electron chi connectivity index (χ1n) is 5.58. The maximum atomic E-state index is 12.1. The van der Waals surface area contributed by atoms with Gasteiger partial charge in [0, 0.05) is 10.1 Å². The molecule has 1 amide bonds. The fraction of sp³-hybridized carbons (Fsp3) is 0.0833. The minimum atomic E-state index is -0.301. The van der Waals surface area contributed by atoms with Gasteiger partial charge in [-0.15, -0.1) is 0 Å². The van der Waals surface area contributed by atoms with Crippen LogP contribution in [0, 0.1) is 6.92 Å². The maximum absolute atomic E-state index is 12.1. The van der Waals surface area contributed by atoms with Crippen molar-refractivity contribution in [1.29, 1.82) is 0 Å². The second-order valence-electron chi connectivity index (χ2n) is 4.04. The molecule has 0 atom stereocenters. The van der Waals surface area contributed by atoms with Crippen LogP contribution in [0.5, 0.6) is 0 Å². The summed E-state index contributed by atoms with van der Waals surface area (Å²) in [6.45, 7) is 2.01. The van der Waals surface area contributed by atoms with Gasteiger partial charge in [0.2, 0.25) is 6.20 Å². The fourth-order valence-electron chi connectivity index (χ4n) is 1.66. The average molecular weight is 345 g/mol. The van der Waals surface area contributed by atoms with E-state index >= 15 is 0 Å². The topological polar surface area (TPSA) is 46.1 Å². The minimum Gasteiger partial charge on any atom is -0.293 e. The SMILES string of the molecule is Cc1c[n+]2nc(NC(=O)c3ccc(Cl)cc3Cl)sc2s1. The molecule has 3 aromatic rings. The largest absolute Gasteiger partial charge is 0.354 e. The number of nitrogens with zero attached hydrogens (tertiary/aromatic N) is 2. The highest BCUT2D eigenvalue weighted by Crippen LogP contribution is 2.24. The third kappa shape index (κ3) is 2.64. The van der Waals surface area contributed by atoms with Gasteiger partial charge in [0.05, 0.1) is 15.5 Å². The van der Waals surface area contributed by atoms with Crippen LogP contribution in [0.15, 0.2) is 24.4 Å². The molecule has 0 saturated heterocycles. The van der Waals surface area contributed by atoms with Crippen molar-refractivity contribution in [3.8, 4) is 0 Å². The lowest BCUT2D eigenvalue weighted by Crippen LogP contribution is -2.20. The third-order valence-corrected chi connectivity index (χ3v) is 5.09. The van der Waals surface area contributed by atoms with Crippen LogP contribution >= 0.6 is 45.9 Å². The summed E-state index contributed by atoms with van der Waals surface area (Å²) < 4.78 is 2.77. The van der Waals surface area contributed by atoms with Crippen molar-refractivity contribution in [3.63, 3.8) is 0 Å². The van der Waals surface area contributed by atoms with E-state index in [0.717, 1.165) is 4.14 Å². The number of amides is 1. The number of thiazole rings is 1. The zero-order valence-corrected chi connectivity index (χ0v) is 13.3. The molecule has 2 heterocycles. The number of anilines is 1. The van der Waals surface area contributed by atoms with Gasteiger partial charge in [-0.2, -0.15) is 0 Å². The molecule has 3 rings (SSSR count). The molecule has 0 fully saturated rings. The summed E-state index contributed by atoms with van der Waals surface area (Å²) in [4.78, 5) is 13.3. The molecule has 102 valence electrons. The van der Waals surface area contributed by atoms with E-state index in [4.69, 9.17) is 23.2 Å². The van der Waals surface area contributed by atoms with E-state index in [2.05, 4.69) is 10.4 Å². The fourth-order valence-corrected chi connectivity index (χ4v) is 4.19. The molecule has 0 aliphatic heterocycles. The average Bonchev–Trinajstić information content (AvgIpc) is 2.85. The molecule has 20 heavy (non-hydrogen) atoms. The second kappa shape index (κ2) is 5.29. The number of aryl methyl sites for hydroxylation is 1. The number of benzene rings is 1. The molecule has 4 nitrogen and oxygen atoms in total. The van der Waals surface area contributed by atoms with Gasteiger partial charge in [-0.1, -0.05) is 34.5 Å². The Kier molecular flexibility index (Phi) is 3.64. The van der Waals surface area contributed by atoms with Crippen molar-refractivity contribution in [2.45, 2.75) is 6.92 Å². The highest BCUT2D eigenvalue weighted by Gasteiger charge is 2.19. The van der Waals surface area contributed by atoms with Crippen molar-refractivity contribution >= 4 is 61.1 Å². The van der Waals surface area contributed by atoms with Crippen molar-refractivity contribution in [2.24, 2.45) is 0 Å². The number of halogens is 2. The van der Waals surface area contributed by atoms with Crippen LogP contribution in [-0.2, 0) is 0 Å². The molecule has 1 aromatic carbocycles. The summed E-state index contributed by atoms with van der Waals surface area (Å²) in [6, 6.07) is 4.75. The first kappa shape index (κ1) is 13.8. The number of hydrogen-bond acceptors (Lipinski definition) is 4. The monoisotopic (exact) mass is 344 g/mol. The highest BCUT2D eigenvalue weighted by molar-refractivity contribution is 7.37. The molecule has 1 N–H and O–H groups in total. The molecule has 0 saturated carbocycles. The van der Waals surface area contributed by atoms with E-state index in [0.29, 0.717) is 20.7 Å². The van der Waals surface area contributed by atoms with Gasteiger partial charge >= 0.3 is 4.14 Å². The molecule has 0 spiro atoms. The zero-order valence-electron chi connectivity index (χ0n) is 10.2. The first-order chi connectivity index (χ1) is 9.52. The number of carbonyl (C=O) groups excluding carboxylic acids is 1. The lowest BCUT2D eigenvalue weighted by Gasteiger charge is -2.02. The lowest BCUT2D eigenvalue weighted by molar-refractivity contribution is -0.570. The van der Waals surface area contributed by atoms with Gasteiger partial charge in [0.1, 0.15) is 0 Å². The van der Waals surface area contributed by atoms with E-state index in [-0.39, 0.29) is 5.91 Å². The van der Waals surface area contributed by atoms with E-state index in [9.17, 15) is 4.79 Å². The van der Waals surface area contributed by atoms with E-state index in [1.54, 1.807) is 28.0 Å². The van der Waals surface area contributed by atoms with Crippen LogP contribution in [0.3, 0.4) is 0 Å². The Labute approximate surface area is 132 Å². The predicted octanol–water partition coefficient (Wildman–Crippen LogP) is 3.81. The number of hydrogen-bond donors (Lipinski definition) is 1. The number of rotatable bonds is 2. The summed E-state index contributed by atoms with van der Waals surface area (Å²) in [6.07, 6.45) is 1.92. The van der Waals surface area contributed by atoms with Gasteiger partial charge in [-0.05, 0) is 41.0 Å². The Morgan fingerprint density at radius 2 is 2.15 bits per heavy atom. The predicted molar refractivity (Wildman–Crippen MR) is 82.3 cm³/mol. The van der Waals surface area contributed by atoms with Crippen LogP contribution in [0.2, 0.25) is 10.0 Å². The van der Waals surface area contributed by atoms with Crippen molar-refractivity contribution in [2.75, 3.05) is 5.32 Å². The van der Waals surface area contributed by atoms with Crippen LogP contribution in [-0.4, -0.2) is 11.0 Å². The molecule has 0 aliphatic rings. The summed E-state index contributed by atoms with van der Waals surface area (Å²) in [5.74, 6) is -0.301. The Hall–Kier alpha value is -1.21. The number of fused-ring (bicyclic) bond motifs is 1. The second-order valence-corrected chi connectivity index (χ2v) is 7.35. The Balaban J connectivity index is 1.86.